The maximum atomic E-state index is 5.86. The molecule has 0 fully saturated rings. The predicted molar refractivity (Wildman–Crippen MR) is 54.1 cm³/mol. The summed E-state index contributed by atoms with van der Waals surface area (Å²) in [6.07, 6.45) is 7.81. The van der Waals surface area contributed by atoms with Gasteiger partial charge in [-0.05, 0) is 24.3 Å². The van der Waals surface area contributed by atoms with Gasteiger partial charge in [-0.15, -0.1) is 23.7 Å². The lowest BCUT2D eigenvalue weighted by atomic mass is 10.1. The van der Waals surface area contributed by atoms with E-state index in [0.29, 0.717) is 0 Å². The van der Waals surface area contributed by atoms with Gasteiger partial charge in [0.1, 0.15) is 0 Å². The van der Waals surface area contributed by atoms with E-state index in [0.717, 1.165) is 19.3 Å². The van der Waals surface area contributed by atoms with Gasteiger partial charge in [-0.3, -0.25) is 0 Å². The highest BCUT2D eigenvalue weighted by molar-refractivity contribution is 7.09. The molecule has 0 saturated carbocycles. The summed E-state index contributed by atoms with van der Waals surface area (Å²) >= 11 is 1.75. The van der Waals surface area contributed by atoms with E-state index in [1.165, 1.54) is 4.88 Å². The van der Waals surface area contributed by atoms with Gasteiger partial charge in [0.15, 0.2) is 0 Å². The zero-order valence-corrected chi connectivity index (χ0v) is 7.81. The Morgan fingerprint density at radius 3 is 3.08 bits per heavy atom. The molecule has 1 nitrogen and oxygen atoms in total. The van der Waals surface area contributed by atoms with Crippen LogP contribution >= 0.6 is 11.3 Å². The fourth-order valence-corrected chi connectivity index (χ4v) is 1.86. The molecule has 2 heteroatoms. The maximum Gasteiger partial charge on any atom is 0.0101 e. The zero-order valence-electron chi connectivity index (χ0n) is 6.99. The number of rotatable bonds is 4. The first-order chi connectivity index (χ1) is 5.83. The summed E-state index contributed by atoms with van der Waals surface area (Å²) in [5, 5.41) is 2.07. The molecule has 0 aromatic carbocycles. The minimum atomic E-state index is 0.222. The lowest BCUT2D eigenvalue weighted by Gasteiger charge is -2.06. The van der Waals surface area contributed by atoms with Crippen molar-refractivity contribution in [1.29, 1.82) is 0 Å². The monoisotopic (exact) mass is 179 g/mol. The fourth-order valence-electron chi connectivity index (χ4n) is 1.06. The third kappa shape index (κ3) is 3.08. The minimum Gasteiger partial charge on any atom is -0.327 e. The summed E-state index contributed by atoms with van der Waals surface area (Å²) < 4.78 is 0. The molecule has 12 heavy (non-hydrogen) atoms. The van der Waals surface area contributed by atoms with Crippen LogP contribution in [0, 0.1) is 12.3 Å². The summed E-state index contributed by atoms with van der Waals surface area (Å²) in [7, 11) is 0. The van der Waals surface area contributed by atoms with Gasteiger partial charge in [0, 0.05) is 17.3 Å². The molecule has 64 valence electrons. The lowest BCUT2D eigenvalue weighted by molar-refractivity contribution is 0.627. The van der Waals surface area contributed by atoms with Crippen LogP contribution in [-0.2, 0) is 6.42 Å². The highest BCUT2D eigenvalue weighted by Gasteiger charge is 2.03. The van der Waals surface area contributed by atoms with E-state index in [1.54, 1.807) is 11.3 Å². The van der Waals surface area contributed by atoms with E-state index in [1.807, 2.05) is 6.07 Å². The zero-order chi connectivity index (χ0) is 8.81. The van der Waals surface area contributed by atoms with Gasteiger partial charge < -0.3 is 5.73 Å². The summed E-state index contributed by atoms with van der Waals surface area (Å²) in [4.78, 5) is 1.35. The smallest absolute Gasteiger partial charge is 0.0101 e. The maximum absolute atomic E-state index is 5.86. The van der Waals surface area contributed by atoms with Crippen molar-refractivity contribution >= 4 is 11.3 Å². The SMILES string of the molecule is C#CCCC(N)Cc1cccs1. The molecule has 1 heterocycles. The molecular formula is C10H13NS. The Morgan fingerprint density at radius 2 is 2.50 bits per heavy atom. The Balaban J connectivity index is 2.28. The second kappa shape index (κ2) is 4.97. The molecule has 2 N–H and O–H groups in total. The molecule has 0 aliphatic rings. The van der Waals surface area contributed by atoms with E-state index in [4.69, 9.17) is 12.2 Å². The molecule has 0 aliphatic carbocycles. The highest BCUT2D eigenvalue weighted by Crippen LogP contribution is 2.11. The van der Waals surface area contributed by atoms with E-state index >= 15 is 0 Å². The van der Waals surface area contributed by atoms with Gasteiger partial charge in [-0.1, -0.05) is 6.07 Å². The Bertz CT molecular complexity index is 245. The van der Waals surface area contributed by atoms with Gasteiger partial charge in [0.25, 0.3) is 0 Å². The molecule has 0 bridgehead atoms. The van der Waals surface area contributed by atoms with Crippen LogP contribution in [0.25, 0.3) is 0 Å². The van der Waals surface area contributed by atoms with E-state index in [-0.39, 0.29) is 6.04 Å². The molecule has 1 aromatic heterocycles. The number of nitrogens with two attached hydrogens (primary N) is 1. The Morgan fingerprint density at radius 1 is 1.67 bits per heavy atom. The van der Waals surface area contributed by atoms with Crippen molar-refractivity contribution in [3.8, 4) is 12.3 Å². The van der Waals surface area contributed by atoms with E-state index in [9.17, 15) is 0 Å². The first-order valence-corrected chi connectivity index (χ1v) is 4.92. The molecular weight excluding hydrogens is 166 g/mol. The van der Waals surface area contributed by atoms with Crippen molar-refractivity contribution in [3.05, 3.63) is 22.4 Å². The van der Waals surface area contributed by atoms with Gasteiger partial charge >= 0.3 is 0 Å². The molecule has 1 rings (SSSR count). The number of hydrogen-bond acceptors (Lipinski definition) is 2. The van der Waals surface area contributed by atoms with Crippen molar-refractivity contribution in [3.63, 3.8) is 0 Å². The van der Waals surface area contributed by atoms with Crippen molar-refractivity contribution < 1.29 is 0 Å². The van der Waals surface area contributed by atoms with Crippen LogP contribution in [0.1, 0.15) is 17.7 Å². The average Bonchev–Trinajstić information content (AvgIpc) is 2.53. The van der Waals surface area contributed by atoms with Gasteiger partial charge in [0.2, 0.25) is 0 Å². The Kier molecular flexibility index (Phi) is 3.86. The van der Waals surface area contributed by atoms with Gasteiger partial charge in [0.05, 0.1) is 0 Å². The third-order valence-corrected chi connectivity index (χ3v) is 2.60. The summed E-state index contributed by atoms with van der Waals surface area (Å²) in [6, 6.07) is 4.38. The summed E-state index contributed by atoms with van der Waals surface area (Å²) in [6.45, 7) is 0. The molecule has 0 spiro atoms. The normalized spacial score (nSPS) is 12.3. The average molecular weight is 179 g/mol. The molecule has 0 aliphatic heterocycles. The second-order valence-corrected chi connectivity index (χ2v) is 3.82. The van der Waals surface area contributed by atoms with Crippen LogP contribution in [0.15, 0.2) is 17.5 Å². The second-order valence-electron chi connectivity index (χ2n) is 2.79. The van der Waals surface area contributed by atoms with E-state index in [2.05, 4.69) is 17.4 Å². The third-order valence-electron chi connectivity index (χ3n) is 1.70. The van der Waals surface area contributed by atoms with Crippen molar-refractivity contribution in [2.75, 3.05) is 0 Å². The quantitative estimate of drug-likeness (QED) is 0.703. The lowest BCUT2D eigenvalue weighted by Crippen LogP contribution is -2.21. The minimum absolute atomic E-state index is 0.222. The van der Waals surface area contributed by atoms with Gasteiger partial charge in [-0.25, -0.2) is 0 Å². The van der Waals surface area contributed by atoms with Crippen LogP contribution in [0.4, 0.5) is 0 Å². The van der Waals surface area contributed by atoms with Crippen LogP contribution < -0.4 is 5.73 Å². The first-order valence-electron chi connectivity index (χ1n) is 4.04. The molecule has 0 radical (unpaired) electrons. The molecule has 1 atom stereocenters. The summed E-state index contributed by atoms with van der Waals surface area (Å²) in [5.74, 6) is 2.60. The first kappa shape index (κ1) is 9.31. The Hall–Kier alpha value is -0.780. The number of hydrogen-bond donors (Lipinski definition) is 1. The van der Waals surface area contributed by atoms with Crippen molar-refractivity contribution in [2.24, 2.45) is 5.73 Å². The van der Waals surface area contributed by atoms with Crippen molar-refractivity contribution in [1.82, 2.24) is 0 Å². The Labute approximate surface area is 77.6 Å². The largest absolute Gasteiger partial charge is 0.327 e. The van der Waals surface area contributed by atoms with Crippen LogP contribution in [0.5, 0.6) is 0 Å². The summed E-state index contributed by atoms with van der Waals surface area (Å²) in [5.41, 5.74) is 5.86. The molecule has 0 amide bonds. The van der Waals surface area contributed by atoms with E-state index < -0.39 is 0 Å². The van der Waals surface area contributed by atoms with Gasteiger partial charge in [-0.2, -0.15) is 0 Å². The fraction of sp³-hybridized carbons (Fsp3) is 0.400. The number of terminal acetylenes is 1. The highest BCUT2D eigenvalue weighted by atomic mass is 32.1. The topological polar surface area (TPSA) is 26.0 Å². The predicted octanol–water partition coefficient (Wildman–Crippen LogP) is 2.03. The standard InChI is InChI=1S/C10H13NS/c1-2-3-5-9(11)8-10-6-4-7-12-10/h1,4,6-7,9H,3,5,8,11H2. The van der Waals surface area contributed by atoms with Crippen LogP contribution in [0.3, 0.4) is 0 Å². The number of thiophene rings is 1. The molecule has 1 aromatic rings. The van der Waals surface area contributed by atoms with Crippen molar-refractivity contribution in [2.45, 2.75) is 25.3 Å². The van der Waals surface area contributed by atoms with Crippen LogP contribution in [0.2, 0.25) is 0 Å². The molecule has 0 saturated heterocycles. The molecule has 1 unspecified atom stereocenters. The van der Waals surface area contributed by atoms with Crippen LogP contribution in [-0.4, -0.2) is 6.04 Å².